The number of aromatic amines is 1. The molecule has 3 aliphatic rings. The lowest BCUT2D eigenvalue weighted by molar-refractivity contribution is 0.240. The largest absolute Gasteiger partial charge is 0.328 e. The summed E-state index contributed by atoms with van der Waals surface area (Å²) in [5, 5.41) is 0. The zero-order valence-electron chi connectivity index (χ0n) is 13.1. The molecule has 1 aromatic heterocycles. The van der Waals surface area contributed by atoms with Crippen molar-refractivity contribution in [3.63, 3.8) is 0 Å². The number of likely N-dealkylation sites (tertiary alicyclic amines) is 1. The van der Waals surface area contributed by atoms with Crippen LogP contribution in [0.1, 0.15) is 74.7 Å². The van der Waals surface area contributed by atoms with Gasteiger partial charge in [0.1, 0.15) is 0 Å². The second-order valence-corrected chi connectivity index (χ2v) is 7.09. The molecule has 4 rings (SSSR count). The van der Waals surface area contributed by atoms with Gasteiger partial charge in [-0.05, 0) is 51.6 Å². The summed E-state index contributed by atoms with van der Waals surface area (Å²) in [5.74, 6) is 0. The van der Waals surface area contributed by atoms with Crippen LogP contribution in [0.3, 0.4) is 0 Å². The van der Waals surface area contributed by atoms with Crippen molar-refractivity contribution in [3.05, 3.63) is 32.1 Å². The van der Waals surface area contributed by atoms with Crippen LogP contribution in [0.15, 0.2) is 9.59 Å². The lowest BCUT2D eigenvalue weighted by atomic mass is 9.95. The van der Waals surface area contributed by atoms with Crippen LogP contribution in [0.2, 0.25) is 0 Å². The van der Waals surface area contributed by atoms with E-state index in [9.17, 15) is 9.59 Å². The van der Waals surface area contributed by atoms with E-state index >= 15 is 0 Å². The van der Waals surface area contributed by atoms with Crippen LogP contribution in [0.5, 0.6) is 0 Å². The van der Waals surface area contributed by atoms with Crippen molar-refractivity contribution in [2.75, 3.05) is 13.1 Å². The third kappa shape index (κ3) is 2.26. The Morgan fingerprint density at radius 1 is 0.909 bits per heavy atom. The molecular weight excluding hydrogens is 278 g/mol. The van der Waals surface area contributed by atoms with Gasteiger partial charge >= 0.3 is 5.69 Å². The first kappa shape index (κ1) is 14.2. The number of hydrogen-bond acceptors (Lipinski definition) is 3. The van der Waals surface area contributed by atoms with E-state index in [0.29, 0.717) is 0 Å². The number of nitrogens with zero attached hydrogens (tertiary/aromatic N) is 2. The lowest BCUT2D eigenvalue weighted by Crippen LogP contribution is -2.41. The summed E-state index contributed by atoms with van der Waals surface area (Å²) in [4.78, 5) is 30.9. The first-order chi connectivity index (χ1) is 10.8. The molecule has 1 N–H and O–H groups in total. The van der Waals surface area contributed by atoms with E-state index in [1.54, 1.807) is 0 Å². The number of rotatable bonds is 2. The predicted octanol–water partition coefficient (Wildman–Crippen LogP) is 2.12. The molecule has 22 heavy (non-hydrogen) atoms. The zero-order valence-corrected chi connectivity index (χ0v) is 13.1. The van der Waals surface area contributed by atoms with Crippen molar-refractivity contribution in [1.82, 2.24) is 14.5 Å². The van der Waals surface area contributed by atoms with Crippen LogP contribution in [0.4, 0.5) is 0 Å². The minimum absolute atomic E-state index is 0.00709. The van der Waals surface area contributed by atoms with Crippen molar-refractivity contribution >= 4 is 0 Å². The van der Waals surface area contributed by atoms with Crippen molar-refractivity contribution in [2.45, 2.75) is 69.9 Å². The number of H-pyrrole nitrogens is 1. The third-order valence-corrected chi connectivity index (χ3v) is 5.78. The van der Waals surface area contributed by atoms with E-state index in [1.807, 2.05) is 0 Å². The molecular formula is C17H25N3O2. The molecule has 2 fully saturated rings. The van der Waals surface area contributed by atoms with Crippen molar-refractivity contribution in [2.24, 2.45) is 0 Å². The summed E-state index contributed by atoms with van der Waals surface area (Å²) in [7, 11) is 0. The summed E-state index contributed by atoms with van der Waals surface area (Å²) >= 11 is 0. The average Bonchev–Trinajstić information content (AvgIpc) is 3.17. The molecule has 1 aromatic rings. The maximum Gasteiger partial charge on any atom is 0.328 e. The van der Waals surface area contributed by atoms with E-state index in [1.165, 1.54) is 23.8 Å². The Hall–Kier alpha value is -1.36. The quantitative estimate of drug-likeness (QED) is 0.910. The number of hydrogen-bond donors (Lipinski definition) is 1. The topological polar surface area (TPSA) is 58.1 Å². The molecule has 5 nitrogen and oxygen atoms in total. The Morgan fingerprint density at radius 3 is 2.36 bits per heavy atom. The minimum Gasteiger partial charge on any atom is -0.309 e. The van der Waals surface area contributed by atoms with Crippen LogP contribution < -0.4 is 11.2 Å². The fraction of sp³-hybridized carbons (Fsp3) is 0.765. The highest BCUT2D eigenvalue weighted by Crippen LogP contribution is 2.34. The minimum atomic E-state index is -0.179. The van der Waals surface area contributed by atoms with Gasteiger partial charge in [-0.15, -0.1) is 0 Å². The number of aromatic nitrogens is 2. The highest BCUT2D eigenvalue weighted by molar-refractivity contribution is 5.26. The Bertz CT molecular complexity index is 663. The molecule has 0 bridgehead atoms. The van der Waals surface area contributed by atoms with E-state index in [4.69, 9.17) is 0 Å². The second-order valence-electron chi connectivity index (χ2n) is 7.09. The van der Waals surface area contributed by atoms with Gasteiger partial charge in [-0.25, -0.2) is 4.79 Å². The Morgan fingerprint density at radius 2 is 1.64 bits per heavy atom. The number of nitrogens with one attached hydrogen (secondary N) is 1. The highest BCUT2D eigenvalue weighted by Gasteiger charge is 2.34. The van der Waals surface area contributed by atoms with E-state index < -0.39 is 0 Å². The van der Waals surface area contributed by atoms with Crippen LogP contribution in [0, 0.1) is 0 Å². The van der Waals surface area contributed by atoms with E-state index in [0.717, 1.165) is 62.9 Å². The van der Waals surface area contributed by atoms with Gasteiger partial charge in [-0.1, -0.05) is 19.3 Å². The summed E-state index contributed by atoms with van der Waals surface area (Å²) in [5.41, 5.74) is 1.61. The highest BCUT2D eigenvalue weighted by atomic mass is 16.2. The van der Waals surface area contributed by atoms with Crippen molar-refractivity contribution < 1.29 is 0 Å². The molecule has 1 atom stereocenters. The van der Waals surface area contributed by atoms with Gasteiger partial charge in [-0.3, -0.25) is 14.3 Å². The standard InChI is InChI=1S/C17H25N3O2/c21-16-13-8-9-14(19-10-4-5-11-19)15(13)18-17(22)20(16)12-6-2-1-3-7-12/h12,14H,1-11H2,(H,18,22)/t14-/m0/s1. The van der Waals surface area contributed by atoms with Crippen LogP contribution in [0.25, 0.3) is 0 Å². The molecule has 0 spiro atoms. The summed E-state index contributed by atoms with van der Waals surface area (Å²) in [6.45, 7) is 2.19. The zero-order chi connectivity index (χ0) is 15.1. The Kier molecular flexibility index (Phi) is 3.68. The van der Waals surface area contributed by atoms with Gasteiger partial charge in [0.05, 0.1) is 6.04 Å². The predicted molar refractivity (Wildman–Crippen MR) is 85.3 cm³/mol. The molecule has 0 unspecified atom stereocenters. The molecule has 0 radical (unpaired) electrons. The molecule has 1 aliphatic heterocycles. The summed E-state index contributed by atoms with van der Waals surface area (Å²) in [6.07, 6.45) is 9.69. The fourth-order valence-corrected chi connectivity index (χ4v) is 4.64. The van der Waals surface area contributed by atoms with Gasteiger partial charge < -0.3 is 4.98 Å². The van der Waals surface area contributed by atoms with Gasteiger partial charge in [0, 0.05) is 17.3 Å². The first-order valence-electron chi connectivity index (χ1n) is 8.87. The molecule has 0 aromatic carbocycles. The van der Waals surface area contributed by atoms with Gasteiger partial charge in [0.15, 0.2) is 0 Å². The summed E-state index contributed by atoms with van der Waals surface area (Å²) < 4.78 is 1.53. The van der Waals surface area contributed by atoms with Crippen molar-refractivity contribution in [3.8, 4) is 0 Å². The molecule has 1 saturated carbocycles. The maximum atomic E-state index is 12.9. The SMILES string of the molecule is O=c1[nH]c2c(c(=O)n1C1CCCCC1)CC[C@@H]2N1CCCC1. The first-order valence-corrected chi connectivity index (χ1v) is 8.87. The van der Waals surface area contributed by atoms with E-state index in [2.05, 4.69) is 9.88 Å². The van der Waals surface area contributed by atoms with Gasteiger partial charge in [0.2, 0.25) is 0 Å². The Labute approximate surface area is 130 Å². The molecule has 2 aliphatic carbocycles. The second kappa shape index (κ2) is 5.69. The van der Waals surface area contributed by atoms with Crippen molar-refractivity contribution in [1.29, 1.82) is 0 Å². The normalized spacial score (nSPS) is 26.5. The third-order valence-electron chi connectivity index (χ3n) is 5.78. The van der Waals surface area contributed by atoms with Gasteiger partial charge in [0.25, 0.3) is 5.56 Å². The molecule has 2 heterocycles. The van der Waals surface area contributed by atoms with Crippen LogP contribution in [-0.4, -0.2) is 27.5 Å². The number of fused-ring (bicyclic) bond motifs is 1. The monoisotopic (exact) mass is 303 g/mol. The Balaban J connectivity index is 1.73. The van der Waals surface area contributed by atoms with Crippen LogP contribution >= 0.6 is 0 Å². The molecule has 0 amide bonds. The molecule has 120 valence electrons. The maximum absolute atomic E-state index is 12.9. The fourth-order valence-electron chi connectivity index (χ4n) is 4.64. The van der Waals surface area contributed by atoms with E-state index in [-0.39, 0.29) is 23.3 Å². The lowest BCUT2D eigenvalue weighted by Gasteiger charge is -2.25. The smallest absolute Gasteiger partial charge is 0.309 e. The molecule has 1 saturated heterocycles. The van der Waals surface area contributed by atoms with Gasteiger partial charge in [-0.2, -0.15) is 0 Å². The van der Waals surface area contributed by atoms with Crippen LogP contribution in [-0.2, 0) is 6.42 Å². The molecule has 5 heteroatoms. The average molecular weight is 303 g/mol. The summed E-state index contributed by atoms with van der Waals surface area (Å²) in [6, 6.07) is 0.375.